The zero-order chi connectivity index (χ0) is 16.3. The Balaban J connectivity index is 1.70. The number of rotatable bonds is 8. The van der Waals surface area contributed by atoms with Crippen molar-refractivity contribution in [3.05, 3.63) is 48.3 Å². The van der Waals surface area contributed by atoms with Crippen LogP contribution in [0.15, 0.2) is 47.6 Å². The lowest BCUT2D eigenvalue weighted by molar-refractivity contribution is 0.265. The van der Waals surface area contributed by atoms with Gasteiger partial charge >= 0.3 is 0 Å². The average molecular weight is 335 g/mol. The highest BCUT2D eigenvalue weighted by atomic mass is 32.2. The number of aromatic nitrogens is 2. The first kappa shape index (κ1) is 16.2. The number of sulfonamides is 1. The monoisotopic (exact) mass is 335 g/mol. The highest BCUT2D eigenvalue weighted by Crippen LogP contribution is 2.34. The van der Waals surface area contributed by atoms with E-state index in [4.69, 9.17) is 5.11 Å². The van der Waals surface area contributed by atoms with Crippen molar-refractivity contribution in [1.82, 2.24) is 14.5 Å². The standard InChI is InChI=1S/C16H21N3O3S/c20-9-8-16(14-6-7-14)18-23(21,22)15-10-17-19(12-15)11-13-4-2-1-3-5-13/h1-5,10,12,14,16,18,20H,6-9,11H2. The van der Waals surface area contributed by atoms with Gasteiger partial charge in [-0.2, -0.15) is 5.10 Å². The molecule has 1 aliphatic carbocycles. The number of hydrogen-bond acceptors (Lipinski definition) is 4. The van der Waals surface area contributed by atoms with Crippen molar-refractivity contribution in [2.24, 2.45) is 5.92 Å². The molecule has 0 aliphatic heterocycles. The number of nitrogens with zero attached hydrogens (tertiary/aromatic N) is 2. The fourth-order valence-corrected chi connectivity index (χ4v) is 3.93. The summed E-state index contributed by atoms with van der Waals surface area (Å²) in [6.45, 7) is 0.510. The van der Waals surface area contributed by atoms with Crippen LogP contribution in [0.2, 0.25) is 0 Å². The molecule has 2 N–H and O–H groups in total. The summed E-state index contributed by atoms with van der Waals surface area (Å²) in [5.74, 6) is 0.344. The molecule has 7 heteroatoms. The molecule has 6 nitrogen and oxygen atoms in total. The molecule has 1 aromatic carbocycles. The van der Waals surface area contributed by atoms with Gasteiger partial charge in [0.05, 0.1) is 12.7 Å². The third-order valence-electron chi connectivity index (χ3n) is 4.04. The van der Waals surface area contributed by atoms with Crippen LogP contribution in [-0.2, 0) is 16.6 Å². The van der Waals surface area contributed by atoms with Crippen molar-refractivity contribution < 1.29 is 13.5 Å². The van der Waals surface area contributed by atoms with E-state index in [2.05, 4.69) is 9.82 Å². The molecule has 1 aromatic heterocycles. The van der Waals surface area contributed by atoms with Crippen LogP contribution >= 0.6 is 0 Å². The minimum atomic E-state index is -3.60. The van der Waals surface area contributed by atoms with Gasteiger partial charge in [-0.05, 0) is 30.7 Å². The second-order valence-electron chi connectivity index (χ2n) is 5.94. The minimum absolute atomic E-state index is 0.0169. The molecular weight excluding hydrogens is 314 g/mol. The molecule has 1 fully saturated rings. The normalized spacial score (nSPS) is 16.4. The van der Waals surface area contributed by atoms with Gasteiger partial charge in [0.1, 0.15) is 4.90 Å². The molecule has 2 aromatic rings. The SMILES string of the molecule is O=S(=O)(NC(CCO)C1CC1)c1cnn(Cc2ccccc2)c1. The Labute approximate surface area is 136 Å². The molecule has 0 spiro atoms. The second-order valence-corrected chi connectivity index (χ2v) is 7.65. The van der Waals surface area contributed by atoms with Crippen LogP contribution in [0.25, 0.3) is 0 Å². The molecule has 0 radical (unpaired) electrons. The maximum absolute atomic E-state index is 12.5. The summed E-state index contributed by atoms with van der Waals surface area (Å²) in [5, 5.41) is 13.2. The predicted molar refractivity (Wildman–Crippen MR) is 86.3 cm³/mol. The summed E-state index contributed by atoms with van der Waals surface area (Å²) >= 11 is 0. The topological polar surface area (TPSA) is 84.2 Å². The van der Waals surface area contributed by atoms with Gasteiger partial charge in [0.2, 0.25) is 10.0 Å². The van der Waals surface area contributed by atoms with E-state index in [1.807, 2.05) is 30.3 Å². The van der Waals surface area contributed by atoms with Crippen molar-refractivity contribution in [3.63, 3.8) is 0 Å². The maximum atomic E-state index is 12.5. The third-order valence-corrected chi connectivity index (χ3v) is 5.49. The van der Waals surface area contributed by atoms with E-state index in [1.165, 1.54) is 12.4 Å². The molecule has 1 atom stereocenters. The third kappa shape index (κ3) is 4.19. The highest BCUT2D eigenvalue weighted by molar-refractivity contribution is 7.89. The second kappa shape index (κ2) is 6.82. The van der Waals surface area contributed by atoms with Gasteiger partial charge < -0.3 is 5.11 Å². The Kier molecular flexibility index (Phi) is 4.79. The minimum Gasteiger partial charge on any atom is -0.396 e. The van der Waals surface area contributed by atoms with Gasteiger partial charge in [-0.15, -0.1) is 0 Å². The largest absolute Gasteiger partial charge is 0.396 e. The molecule has 1 heterocycles. The first-order valence-electron chi connectivity index (χ1n) is 7.78. The molecule has 0 bridgehead atoms. The van der Waals surface area contributed by atoms with Crippen LogP contribution in [0.5, 0.6) is 0 Å². The zero-order valence-corrected chi connectivity index (χ0v) is 13.6. The van der Waals surface area contributed by atoms with Crippen LogP contribution in [0.1, 0.15) is 24.8 Å². The first-order valence-corrected chi connectivity index (χ1v) is 9.26. The summed E-state index contributed by atoms with van der Waals surface area (Å²) in [5.41, 5.74) is 1.06. The van der Waals surface area contributed by atoms with Gasteiger partial charge in [0, 0.05) is 18.8 Å². The maximum Gasteiger partial charge on any atom is 0.243 e. The Bertz CT molecular complexity index is 739. The fraction of sp³-hybridized carbons (Fsp3) is 0.438. The number of benzene rings is 1. The van der Waals surface area contributed by atoms with Crippen molar-refractivity contribution in [1.29, 1.82) is 0 Å². The van der Waals surface area contributed by atoms with Gasteiger partial charge in [-0.1, -0.05) is 30.3 Å². The number of nitrogens with one attached hydrogen (secondary N) is 1. The lowest BCUT2D eigenvalue weighted by Crippen LogP contribution is -2.37. The van der Waals surface area contributed by atoms with Crippen LogP contribution in [0.4, 0.5) is 0 Å². The number of aliphatic hydroxyl groups is 1. The van der Waals surface area contributed by atoms with E-state index in [0.717, 1.165) is 18.4 Å². The van der Waals surface area contributed by atoms with E-state index in [1.54, 1.807) is 4.68 Å². The highest BCUT2D eigenvalue weighted by Gasteiger charge is 2.34. The summed E-state index contributed by atoms with van der Waals surface area (Å²) < 4.78 is 29.3. The first-order chi connectivity index (χ1) is 11.1. The lowest BCUT2D eigenvalue weighted by atomic mass is 10.1. The quantitative estimate of drug-likeness (QED) is 0.763. The molecule has 1 unspecified atom stereocenters. The molecular formula is C16H21N3O3S. The average Bonchev–Trinajstić information content (AvgIpc) is 3.27. The van der Waals surface area contributed by atoms with Gasteiger partial charge in [-0.3, -0.25) is 4.68 Å². The van der Waals surface area contributed by atoms with Crippen molar-refractivity contribution in [2.45, 2.75) is 36.7 Å². The van der Waals surface area contributed by atoms with Gasteiger partial charge in [0.15, 0.2) is 0 Å². The molecule has 1 saturated carbocycles. The molecule has 0 amide bonds. The zero-order valence-electron chi connectivity index (χ0n) is 12.8. The predicted octanol–water partition coefficient (Wildman–Crippen LogP) is 1.37. The van der Waals surface area contributed by atoms with Gasteiger partial charge in [0.25, 0.3) is 0 Å². The van der Waals surface area contributed by atoms with Crippen molar-refractivity contribution in [2.75, 3.05) is 6.61 Å². The summed E-state index contributed by atoms with van der Waals surface area (Å²) in [6, 6.07) is 9.56. The summed E-state index contributed by atoms with van der Waals surface area (Å²) in [7, 11) is -3.60. The fourth-order valence-electron chi connectivity index (χ4n) is 2.64. The van der Waals surface area contributed by atoms with Crippen LogP contribution in [0.3, 0.4) is 0 Å². The number of hydrogen-bond donors (Lipinski definition) is 2. The Morgan fingerprint density at radius 3 is 2.70 bits per heavy atom. The van der Waals surface area contributed by atoms with Crippen LogP contribution in [0, 0.1) is 5.92 Å². The summed E-state index contributed by atoms with van der Waals surface area (Å²) in [4.78, 5) is 0.164. The lowest BCUT2D eigenvalue weighted by Gasteiger charge is -2.16. The molecule has 3 rings (SSSR count). The van der Waals surface area contributed by atoms with E-state index in [0.29, 0.717) is 18.9 Å². The molecule has 124 valence electrons. The molecule has 0 saturated heterocycles. The Morgan fingerprint density at radius 2 is 2.04 bits per heavy atom. The van der Waals surface area contributed by atoms with E-state index < -0.39 is 10.0 Å². The molecule has 1 aliphatic rings. The van der Waals surface area contributed by atoms with Crippen LogP contribution < -0.4 is 4.72 Å². The van der Waals surface area contributed by atoms with Crippen molar-refractivity contribution >= 4 is 10.0 Å². The van der Waals surface area contributed by atoms with Gasteiger partial charge in [-0.25, -0.2) is 13.1 Å². The van der Waals surface area contributed by atoms with E-state index in [9.17, 15) is 8.42 Å². The number of aliphatic hydroxyl groups excluding tert-OH is 1. The Morgan fingerprint density at radius 1 is 1.30 bits per heavy atom. The Hall–Kier alpha value is -1.70. The van der Waals surface area contributed by atoms with E-state index >= 15 is 0 Å². The van der Waals surface area contributed by atoms with Crippen LogP contribution in [-0.4, -0.2) is 36.0 Å². The van der Waals surface area contributed by atoms with E-state index in [-0.39, 0.29) is 17.5 Å². The smallest absolute Gasteiger partial charge is 0.243 e. The summed E-state index contributed by atoms with van der Waals surface area (Å²) in [6.07, 6.45) is 5.38. The van der Waals surface area contributed by atoms with Crippen molar-refractivity contribution in [3.8, 4) is 0 Å². The molecule has 23 heavy (non-hydrogen) atoms.